The van der Waals surface area contributed by atoms with Crippen LogP contribution in [0.1, 0.15) is 46.5 Å². The molecule has 5 heteroatoms. The summed E-state index contributed by atoms with van der Waals surface area (Å²) >= 11 is 0. The maximum absolute atomic E-state index is 13.7. The van der Waals surface area contributed by atoms with Crippen LogP contribution in [0.5, 0.6) is 0 Å². The number of rotatable bonds is 2. The number of ether oxygens (including phenoxy) is 2. The van der Waals surface area contributed by atoms with E-state index in [-0.39, 0.29) is 29.9 Å². The van der Waals surface area contributed by atoms with Crippen molar-refractivity contribution in [1.82, 2.24) is 0 Å². The van der Waals surface area contributed by atoms with Gasteiger partial charge in [-0.3, -0.25) is 0 Å². The first-order valence-electron chi connectivity index (χ1n) is 8.53. The Morgan fingerprint density at radius 1 is 1.24 bits per heavy atom. The molecule has 2 aromatic rings. The number of carbonyl (C=O) groups excluding carboxylic acids is 1. The molecular weight excluding hydrogens is 321 g/mol. The fourth-order valence-electron chi connectivity index (χ4n) is 3.92. The van der Waals surface area contributed by atoms with Crippen molar-refractivity contribution in [3.05, 3.63) is 65.0 Å². The molecule has 2 aliphatic rings. The molecule has 0 unspecified atom stereocenters. The van der Waals surface area contributed by atoms with E-state index in [1.54, 1.807) is 24.3 Å². The lowest BCUT2D eigenvalue weighted by Gasteiger charge is -2.43. The number of carbonyl (C=O) groups is 1. The number of hydrogen-bond donors (Lipinski definition) is 1. The van der Waals surface area contributed by atoms with Gasteiger partial charge in [0.05, 0.1) is 24.8 Å². The number of halogens is 1. The Morgan fingerprint density at radius 2 is 2.04 bits per heavy atom. The van der Waals surface area contributed by atoms with Crippen LogP contribution in [-0.2, 0) is 9.47 Å². The maximum Gasteiger partial charge on any atom is 0.337 e. The Labute approximate surface area is 146 Å². The van der Waals surface area contributed by atoms with E-state index in [1.807, 2.05) is 12.1 Å². The number of esters is 1. The van der Waals surface area contributed by atoms with Crippen molar-refractivity contribution >= 4 is 11.7 Å². The minimum atomic E-state index is -0.345. The lowest BCUT2D eigenvalue weighted by Crippen LogP contribution is -2.36. The quantitative estimate of drug-likeness (QED) is 0.830. The average molecular weight is 341 g/mol. The summed E-state index contributed by atoms with van der Waals surface area (Å²) < 4.78 is 24.5. The first-order valence-corrected chi connectivity index (χ1v) is 8.53. The monoisotopic (exact) mass is 341 g/mol. The second-order valence-electron chi connectivity index (χ2n) is 6.56. The Kier molecular flexibility index (Phi) is 4.17. The zero-order valence-electron chi connectivity index (χ0n) is 14.0. The highest BCUT2D eigenvalue weighted by atomic mass is 19.1. The minimum absolute atomic E-state index is 0.0648. The van der Waals surface area contributed by atoms with Crippen molar-refractivity contribution in [3.8, 4) is 0 Å². The number of nitrogens with one attached hydrogen (secondary N) is 1. The molecule has 2 aliphatic heterocycles. The largest absolute Gasteiger partial charge is 0.465 e. The van der Waals surface area contributed by atoms with Crippen molar-refractivity contribution in [2.24, 2.45) is 5.92 Å². The number of anilines is 1. The Bertz CT molecular complexity index is 790. The minimum Gasteiger partial charge on any atom is -0.465 e. The fourth-order valence-corrected chi connectivity index (χ4v) is 3.92. The van der Waals surface area contributed by atoms with Crippen molar-refractivity contribution in [1.29, 1.82) is 0 Å². The summed E-state index contributed by atoms with van der Waals surface area (Å²) in [6, 6.07) is 12.3. The summed E-state index contributed by atoms with van der Waals surface area (Å²) in [4.78, 5) is 11.6. The number of benzene rings is 2. The topological polar surface area (TPSA) is 47.6 Å². The molecule has 0 aliphatic carbocycles. The van der Waals surface area contributed by atoms with Gasteiger partial charge >= 0.3 is 5.97 Å². The Hall–Kier alpha value is -2.40. The molecule has 1 fully saturated rings. The fraction of sp³-hybridized carbons (Fsp3) is 0.350. The van der Waals surface area contributed by atoms with Crippen molar-refractivity contribution in [2.75, 3.05) is 19.0 Å². The van der Waals surface area contributed by atoms with E-state index >= 15 is 0 Å². The summed E-state index contributed by atoms with van der Waals surface area (Å²) in [6.45, 7) is 0.700. The van der Waals surface area contributed by atoms with Crippen molar-refractivity contribution < 1.29 is 18.7 Å². The molecule has 1 N–H and O–H groups in total. The Balaban J connectivity index is 1.69. The van der Waals surface area contributed by atoms with Gasteiger partial charge in [-0.25, -0.2) is 9.18 Å². The average Bonchev–Trinajstić information content (AvgIpc) is 2.67. The van der Waals surface area contributed by atoms with Crippen LogP contribution in [0.4, 0.5) is 10.1 Å². The lowest BCUT2D eigenvalue weighted by atomic mass is 9.77. The van der Waals surface area contributed by atoms with E-state index in [0.717, 1.165) is 29.7 Å². The maximum atomic E-state index is 13.7. The summed E-state index contributed by atoms with van der Waals surface area (Å²) in [5, 5.41) is 3.54. The number of hydrogen-bond acceptors (Lipinski definition) is 4. The highest BCUT2D eigenvalue weighted by Gasteiger charge is 2.39. The molecule has 2 heterocycles. The van der Waals surface area contributed by atoms with Gasteiger partial charge in [0.1, 0.15) is 5.82 Å². The van der Waals surface area contributed by atoms with Gasteiger partial charge in [-0.05, 0) is 48.7 Å². The third-order valence-electron chi connectivity index (χ3n) is 5.12. The molecule has 3 atom stereocenters. The summed E-state index contributed by atoms with van der Waals surface area (Å²) in [7, 11) is 1.37. The molecule has 1 saturated heterocycles. The predicted molar refractivity (Wildman–Crippen MR) is 92.0 cm³/mol. The SMILES string of the molecule is COC(=O)c1ccc([C@@H]2Nc3ccc(F)cc3[C@H]3OCCC[C@H]32)cc1. The molecule has 0 aromatic heterocycles. The van der Waals surface area contributed by atoms with Gasteiger partial charge in [-0.15, -0.1) is 0 Å². The zero-order chi connectivity index (χ0) is 17.4. The number of fused-ring (bicyclic) bond motifs is 3. The second kappa shape index (κ2) is 6.48. The molecule has 0 bridgehead atoms. The molecule has 25 heavy (non-hydrogen) atoms. The van der Waals surface area contributed by atoms with E-state index in [0.29, 0.717) is 12.2 Å². The molecule has 0 saturated carbocycles. The molecule has 130 valence electrons. The highest BCUT2D eigenvalue weighted by molar-refractivity contribution is 5.89. The highest BCUT2D eigenvalue weighted by Crippen LogP contribution is 2.49. The smallest absolute Gasteiger partial charge is 0.337 e. The van der Waals surface area contributed by atoms with E-state index in [1.165, 1.54) is 13.2 Å². The zero-order valence-corrected chi connectivity index (χ0v) is 14.0. The summed E-state index contributed by atoms with van der Waals surface area (Å²) in [6.07, 6.45) is 1.90. The van der Waals surface area contributed by atoms with E-state index in [4.69, 9.17) is 9.47 Å². The van der Waals surface area contributed by atoms with E-state index in [9.17, 15) is 9.18 Å². The third-order valence-corrected chi connectivity index (χ3v) is 5.12. The van der Waals surface area contributed by atoms with Gasteiger partial charge in [-0.1, -0.05) is 12.1 Å². The summed E-state index contributed by atoms with van der Waals surface area (Å²) in [5.41, 5.74) is 3.42. The number of methoxy groups -OCH3 is 1. The standard InChI is InChI=1S/C20H20FNO3/c1-24-20(23)13-6-4-12(5-7-13)18-15-3-2-10-25-19(15)16-11-14(21)8-9-17(16)22-18/h4-9,11,15,18-19,22H,2-3,10H2,1H3/t15-,18-,19-/m0/s1. The molecule has 4 nitrogen and oxygen atoms in total. The van der Waals surface area contributed by atoms with E-state index < -0.39 is 0 Å². The van der Waals surface area contributed by atoms with Crippen LogP contribution < -0.4 is 5.32 Å². The van der Waals surface area contributed by atoms with Crippen LogP contribution in [0.15, 0.2) is 42.5 Å². The molecular formula is C20H20FNO3. The van der Waals surface area contributed by atoms with Gasteiger partial charge in [0.2, 0.25) is 0 Å². The van der Waals surface area contributed by atoms with Gasteiger partial charge in [0.25, 0.3) is 0 Å². The van der Waals surface area contributed by atoms with Crippen LogP contribution >= 0.6 is 0 Å². The van der Waals surface area contributed by atoms with Crippen molar-refractivity contribution in [3.63, 3.8) is 0 Å². The van der Waals surface area contributed by atoms with Gasteiger partial charge in [-0.2, -0.15) is 0 Å². The van der Waals surface area contributed by atoms with Gasteiger partial charge in [0, 0.05) is 23.8 Å². The van der Waals surface area contributed by atoms with Crippen LogP contribution in [0.25, 0.3) is 0 Å². The van der Waals surface area contributed by atoms with Gasteiger partial charge in [0.15, 0.2) is 0 Å². The van der Waals surface area contributed by atoms with Crippen LogP contribution in [-0.4, -0.2) is 19.7 Å². The normalized spacial score (nSPS) is 24.6. The van der Waals surface area contributed by atoms with Crippen LogP contribution in [0, 0.1) is 11.7 Å². The van der Waals surface area contributed by atoms with Gasteiger partial charge < -0.3 is 14.8 Å². The van der Waals surface area contributed by atoms with Crippen LogP contribution in [0.3, 0.4) is 0 Å². The lowest BCUT2D eigenvalue weighted by molar-refractivity contribution is -0.0382. The van der Waals surface area contributed by atoms with E-state index in [2.05, 4.69) is 5.32 Å². The first kappa shape index (κ1) is 16.1. The summed E-state index contributed by atoms with van der Waals surface area (Å²) in [5.74, 6) is -0.357. The second-order valence-corrected chi connectivity index (χ2v) is 6.56. The third kappa shape index (κ3) is 2.89. The molecule has 2 aromatic carbocycles. The molecule has 4 rings (SSSR count). The predicted octanol–water partition coefficient (Wildman–Crippen LogP) is 4.25. The molecule has 0 amide bonds. The van der Waals surface area contributed by atoms with Crippen molar-refractivity contribution in [2.45, 2.75) is 25.0 Å². The molecule has 0 spiro atoms. The molecule has 0 radical (unpaired) electrons. The first-order chi connectivity index (χ1) is 12.2. The Morgan fingerprint density at radius 3 is 2.80 bits per heavy atom. The van der Waals surface area contributed by atoms with Crippen LogP contribution in [0.2, 0.25) is 0 Å².